The molecule has 0 radical (unpaired) electrons. The van der Waals surface area contributed by atoms with Crippen LogP contribution in [0.3, 0.4) is 0 Å². The lowest BCUT2D eigenvalue weighted by molar-refractivity contribution is 0.0697. The van der Waals surface area contributed by atoms with Crippen LogP contribution in [0, 0.1) is 0 Å². The van der Waals surface area contributed by atoms with Crippen LogP contribution in [-0.4, -0.2) is 42.6 Å². The molecule has 9 heteroatoms. The Morgan fingerprint density at radius 2 is 1.66 bits per heavy atom. The number of benzene rings is 2. The number of rotatable bonds is 7. The normalized spacial score (nSPS) is 11.2. The van der Waals surface area contributed by atoms with Gasteiger partial charge in [-0.05, 0) is 35.9 Å². The lowest BCUT2D eigenvalue weighted by Gasteiger charge is -2.12. The Labute approximate surface area is 171 Å². The maximum absolute atomic E-state index is 10.9. The van der Waals surface area contributed by atoms with Crippen molar-refractivity contribution >= 4 is 28.7 Å². The first kappa shape index (κ1) is 20.2. The molecule has 1 N–H and O–H groups in total. The van der Waals surface area contributed by atoms with E-state index in [4.69, 9.17) is 35.3 Å². The van der Waals surface area contributed by atoms with Crippen LogP contribution in [0.25, 0.3) is 22.6 Å². The number of carboxylic acids is 1. The molecule has 0 amide bonds. The number of hydrogen-bond acceptors (Lipinski definition) is 7. The van der Waals surface area contributed by atoms with Crippen LogP contribution in [0.15, 0.2) is 40.8 Å². The average molecular weight is 417 g/mol. The summed E-state index contributed by atoms with van der Waals surface area (Å²) in [5, 5.41) is 17.1. The van der Waals surface area contributed by atoms with Crippen molar-refractivity contribution in [1.29, 1.82) is 0 Å². The molecule has 0 saturated carbocycles. The summed E-state index contributed by atoms with van der Waals surface area (Å²) in [5.41, 5.74) is 1.43. The molecule has 0 fully saturated rings. The van der Waals surface area contributed by atoms with Crippen molar-refractivity contribution < 1.29 is 28.5 Å². The summed E-state index contributed by atoms with van der Waals surface area (Å²) in [4.78, 5) is 10.9. The molecule has 0 aliphatic rings. The molecule has 0 unspecified atom stereocenters. The van der Waals surface area contributed by atoms with Crippen LogP contribution in [0.1, 0.15) is 21.8 Å². The van der Waals surface area contributed by atoms with Crippen molar-refractivity contribution in [3.05, 3.63) is 53.4 Å². The molecule has 0 spiro atoms. The van der Waals surface area contributed by atoms with Crippen LogP contribution in [0.5, 0.6) is 17.2 Å². The van der Waals surface area contributed by atoms with Gasteiger partial charge >= 0.3 is 5.97 Å². The first-order chi connectivity index (χ1) is 14.0. The molecule has 1 heterocycles. The smallest absolute Gasteiger partial charge is 0.335 e. The largest absolute Gasteiger partial charge is 0.493 e. The Kier molecular flexibility index (Phi) is 6.04. The zero-order valence-corrected chi connectivity index (χ0v) is 16.6. The van der Waals surface area contributed by atoms with Crippen LogP contribution >= 0.6 is 11.6 Å². The van der Waals surface area contributed by atoms with Crippen LogP contribution in [-0.2, 0) is 0 Å². The molecule has 0 atom stereocenters. The van der Waals surface area contributed by atoms with Gasteiger partial charge in [0, 0.05) is 5.56 Å². The van der Waals surface area contributed by atoms with E-state index in [0.717, 1.165) is 0 Å². The number of ether oxygens (including phenoxy) is 3. The summed E-state index contributed by atoms with van der Waals surface area (Å²) in [7, 11) is 4.53. The molecule has 0 saturated heterocycles. The minimum Gasteiger partial charge on any atom is -0.493 e. The quantitative estimate of drug-likeness (QED) is 0.611. The van der Waals surface area contributed by atoms with Crippen LogP contribution in [0.4, 0.5) is 0 Å². The van der Waals surface area contributed by atoms with E-state index in [0.29, 0.717) is 28.4 Å². The topological polar surface area (TPSA) is 104 Å². The molecule has 1 aromatic heterocycles. The zero-order chi connectivity index (χ0) is 21.0. The number of methoxy groups -OCH3 is 3. The minimum absolute atomic E-state index is 0.109. The summed E-state index contributed by atoms with van der Waals surface area (Å²) in [6.45, 7) is 0. The number of carboxylic acid groups (broad SMARTS) is 1. The minimum atomic E-state index is -1.00. The number of carbonyl (C=O) groups is 1. The highest BCUT2D eigenvalue weighted by Crippen LogP contribution is 2.41. The standard InChI is InChI=1S/C20H17ClN2O6/c1-26-15-9-13(10-16(27-2)17(15)28-3)18-22-23-19(29-18)14(21)8-11-4-6-12(7-5-11)20(24)25/h4-10H,1-3H3,(H,24,25)/b14-8-. The predicted molar refractivity (Wildman–Crippen MR) is 107 cm³/mol. The van der Waals surface area contributed by atoms with Gasteiger partial charge < -0.3 is 23.7 Å². The molecular formula is C20H17ClN2O6. The van der Waals surface area contributed by atoms with Gasteiger partial charge in [0.2, 0.25) is 11.6 Å². The predicted octanol–water partition coefficient (Wildman–Crippen LogP) is 4.20. The van der Waals surface area contributed by atoms with E-state index in [-0.39, 0.29) is 22.4 Å². The van der Waals surface area contributed by atoms with Gasteiger partial charge in [-0.3, -0.25) is 0 Å². The van der Waals surface area contributed by atoms with E-state index in [1.807, 2.05) is 0 Å². The van der Waals surface area contributed by atoms with E-state index < -0.39 is 5.97 Å². The van der Waals surface area contributed by atoms with E-state index in [9.17, 15) is 4.79 Å². The summed E-state index contributed by atoms with van der Waals surface area (Å²) < 4.78 is 21.6. The van der Waals surface area contributed by atoms with Crippen molar-refractivity contribution in [3.8, 4) is 28.7 Å². The second kappa shape index (κ2) is 8.66. The van der Waals surface area contributed by atoms with E-state index in [1.165, 1.54) is 33.5 Å². The van der Waals surface area contributed by atoms with Crippen molar-refractivity contribution in [2.24, 2.45) is 0 Å². The Hall–Kier alpha value is -3.52. The Morgan fingerprint density at radius 3 is 2.17 bits per heavy atom. The highest BCUT2D eigenvalue weighted by atomic mass is 35.5. The number of hydrogen-bond donors (Lipinski definition) is 1. The lowest BCUT2D eigenvalue weighted by atomic mass is 10.1. The van der Waals surface area contributed by atoms with Crippen molar-refractivity contribution in [2.75, 3.05) is 21.3 Å². The number of nitrogens with zero attached hydrogens (tertiary/aromatic N) is 2. The van der Waals surface area contributed by atoms with E-state index >= 15 is 0 Å². The fraction of sp³-hybridized carbons (Fsp3) is 0.150. The molecule has 29 heavy (non-hydrogen) atoms. The third kappa shape index (κ3) is 4.33. The van der Waals surface area contributed by atoms with Gasteiger partial charge in [0.25, 0.3) is 5.89 Å². The molecular weight excluding hydrogens is 400 g/mol. The summed E-state index contributed by atoms with van der Waals surface area (Å²) >= 11 is 6.29. The number of aromatic nitrogens is 2. The molecule has 150 valence electrons. The lowest BCUT2D eigenvalue weighted by Crippen LogP contribution is -1.95. The number of aromatic carboxylic acids is 1. The first-order valence-corrected chi connectivity index (χ1v) is 8.69. The van der Waals surface area contributed by atoms with Gasteiger partial charge in [0.1, 0.15) is 5.03 Å². The third-order valence-electron chi connectivity index (χ3n) is 3.99. The fourth-order valence-corrected chi connectivity index (χ4v) is 2.77. The van der Waals surface area contributed by atoms with Crippen LogP contribution < -0.4 is 14.2 Å². The summed E-state index contributed by atoms with van der Waals surface area (Å²) in [6.07, 6.45) is 1.60. The van der Waals surface area contributed by atoms with Gasteiger partial charge in [-0.15, -0.1) is 10.2 Å². The first-order valence-electron chi connectivity index (χ1n) is 8.31. The maximum Gasteiger partial charge on any atom is 0.335 e. The highest BCUT2D eigenvalue weighted by molar-refractivity contribution is 6.50. The molecule has 0 aliphatic heterocycles. The van der Waals surface area contributed by atoms with Crippen LogP contribution in [0.2, 0.25) is 0 Å². The van der Waals surface area contributed by atoms with Gasteiger partial charge in [-0.1, -0.05) is 23.7 Å². The SMILES string of the molecule is COc1cc(-c2nnc(/C(Cl)=C/c3ccc(C(=O)O)cc3)o2)cc(OC)c1OC. The summed E-state index contributed by atoms with van der Waals surface area (Å²) in [5.74, 6) is 0.660. The van der Waals surface area contributed by atoms with Gasteiger partial charge in [-0.2, -0.15) is 0 Å². The van der Waals surface area contributed by atoms with Gasteiger partial charge in [0.15, 0.2) is 11.5 Å². The molecule has 3 rings (SSSR count). The van der Waals surface area contributed by atoms with Crippen molar-refractivity contribution in [2.45, 2.75) is 0 Å². The average Bonchev–Trinajstić information content (AvgIpc) is 3.23. The molecule has 8 nitrogen and oxygen atoms in total. The highest BCUT2D eigenvalue weighted by Gasteiger charge is 2.18. The van der Waals surface area contributed by atoms with Gasteiger partial charge in [-0.25, -0.2) is 4.79 Å². The zero-order valence-electron chi connectivity index (χ0n) is 15.8. The van der Waals surface area contributed by atoms with Crippen molar-refractivity contribution in [1.82, 2.24) is 10.2 Å². The second-order valence-electron chi connectivity index (χ2n) is 5.75. The molecule has 2 aromatic carbocycles. The van der Waals surface area contributed by atoms with E-state index in [1.54, 1.807) is 30.3 Å². The second-order valence-corrected chi connectivity index (χ2v) is 6.15. The molecule has 3 aromatic rings. The van der Waals surface area contributed by atoms with Gasteiger partial charge in [0.05, 0.1) is 26.9 Å². The Bertz CT molecular complexity index is 1030. The monoisotopic (exact) mass is 416 g/mol. The van der Waals surface area contributed by atoms with E-state index in [2.05, 4.69) is 10.2 Å². The third-order valence-corrected chi connectivity index (χ3v) is 4.26. The van der Waals surface area contributed by atoms with Crippen molar-refractivity contribution in [3.63, 3.8) is 0 Å². The fourth-order valence-electron chi connectivity index (χ4n) is 2.57. The Balaban J connectivity index is 1.91. The maximum atomic E-state index is 10.9. The number of halogens is 1. The Morgan fingerprint density at radius 1 is 1.03 bits per heavy atom. The molecule has 0 bridgehead atoms. The molecule has 0 aliphatic carbocycles. The summed E-state index contributed by atoms with van der Waals surface area (Å²) in [6, 6.07) is 9.58.